The molecule has 0 unspecified atom stereocenters. The van der Waals surface area contributed by atoms with E-state index in [0.717, 1.165) is 0 Å². The van der Waals surface area contributed by atoms with Gasteiger partial charge in [0.1, 0.15) is 0 Å². The van der Waals surface area contributed by atoms with Gasteiger partial charge in [0, 0.05) is 38.3 Å². The Morgan fingerprint density at radius 1 is 1.25 bits per heavy atom. The molecule has 2 aromatic rings. The van der Waals surface area contributed by atoms with Crippen molar-refractivity contribution in [2.75, 3.05) is 47.4 Å². The number of nitrogens with zero attached hydrogens (tertiary/aromatic N) is 4. The molecule has 9 nitrogen and oxygen atoms in total. The summed E-state index contributed by atoms with van der Waals surface area (Å²) in [4.78, 5) is 20.4. The molecule has 0 saturated heterocycles. The van der Waals surface area contributed by atoms with Gasteiger partial charge in [0.05, 0.1) is 30.8 Å². The van der Waals surface area contributed by atoms with Crippen molar-refractivity contribution in [2.45, 2.75) is 30.9 Å². The van der Waals surface area contributed by atoms with E-state index in [1.54, 1.807) is 40.8 Å². The Morgan fingerprint density at radius 3 is 2.59 bits per heavy atom. The van der Waals surface area contributed by atoms with Crippen LogP contribution in [0.1, 0.15) is 18.2 Å². The second kappa shape index (κ2) is 12.2. The van der Waals surface area contributed by atoms with Gasteiger partial charge in [0.15, 0.2) is 0 Å². The molecule has 0 atom stereocenters. The average Bonchev–Trinajstić information content (AvgIpc) is 3.14. The molecule has 0 radical (unpaired) electrons. The predicted molar refractivity (Wildman–Crippen MR) is 124 cm³/mol. The molecule has 2 rings (SSSR count). The van der Waals surface area contributed by atoms with Gasteiger partial charge in [-0.2, -0.15) is 0 Å². The van der Waals surface area contributed by atoms with Gasteiger partial charge in [-0.05, 0) is 32.6 Å². The van der Waals surface area contributed by atoms with Crippen molar-refractivity contribution in [2.24, 2.45) is 0 Å². The number of methoxy groups -OCH3 is 1. The highest BCUT2D eigenvalue weighted by Gasteiger charge is 2.26. The number of likely N-dealkylation sites (N-methyl/N-ethyl adjacent to an activating group) is 1. The largest absolute Gasteiger partial charge is 0.383 e. The normalized spacial score (nSPS) is 11.7. The third kappa shape index (κ3) is 7.19. The van der Waals surface area contributed by atoms with E-state index in [4.69, 9.17) is 16.3 Å². The van der Waals surface area contributed by atoms with Crippen LogP contribution in [0.2, 0.25) is 5.02 Å². The quantitative estimate of drug-likeness (QED) is 0.495. The standard InChI is InChI=1S/C21H32ClN5O4S/c1-5-23-20(28)26(11-10-25(2)3)15-18-14-24-21(27(18)12-13-31-4)32(29,30)16-17-8-6-7-9-19(17)22/h6-9,14H,5,10-13,15-16H2,1-4H3,(H,23,28). The van der Waals surface area contributed by atoms with Crippen LogP contribution in [0.4, 0.5) is 4.79 Å². The highest BCUT2D eigenvalue weighted by Crippen LogP contribution is 2.23. The lowest BCUT2D eigenvalue weighted by Crippen LogP contribution is -2.43. The monoisotopic (exact) mass is 485 g/mol. The SMILES string of the molecule is CCNC(=O)N(CCN(C)C)Cc1cnc(S(=O)(=O)Cc2ccccc2Cl)n1CCOC. The number of benzene rings is 1. The molecule has 0 saturated carbocycles. The number of hydrogen-bond donors (Lipinski definition) is 1. The minimum absolute atomic E-state index is 0.0621. The zero-order valence-corrected chi connectivity index (χ0v) is 20.6. The summed E-state index contributed by atoms with van der Waals surface area (Å²) in [5.41, 5.74) is 1.12. The summed E-state index contributed by atoms with van der Waals surface area (Å²) in [6.07, 6.45) is 1.51. The molecule has 0 aliphatic heterocycles. The van der Waals surface area contributed by atoms with E-state index in [2.05, 4.69) is 10.3 Å². The van der Waals surface area contributed by atoms with E-state index in [1.165, 1.54) is 6.20 Å². The van der Waals surface area contributed by atoms with Crippen LogP contribution in [0.3, 0.4) is 0 Å². The topological polar surface area (TPSA) is 96.8 Å². The van der Waals surface area contributed by atoms with Crippen LogP contribution in [0.5, 0.6) is 0 Å². The van der Waals surface area contributed by atoms with Crippen molar-refractivity contribution in [3.63, 3.8) is 0 Å². The van der Waals surface area contributed by atoms with Gasteiger partial charge in [0.25, 0.3) is 0 Å². The summed E-state index contributed by atoms with van der Waals surface area (Å²) in [6, 6.07) is 6.62. The van der Waals surface area contributed by atoms with Crippen LogP contribution in [0.25, 0.3) is 0 Å². The van der Waals surface area contributed by atoms with Gasteiger partial charge < -0.3 is 24.4 Å². The molecule has 0 aliphatic carbocycles. The smallest absolute Gasteiger partial charge is 0.317 e. The lowest BCUT2D eigenvalue weighted by atomic mass is 10.2. The molecule has 0 spiro atoms. The average molecular weight is 486 g/mol. The Balaban J connectivity index is 2.37. The van der Waals surface area contributed by atoms with E-state index in [-0.39, 0.29) is 23.5 Å². The van der Waals surface area contributed by atoms with Crippen molar-refractivity contribution in [3.8, 4) is 0 Å². The molecule has 178 valence electrons. The van der Waals surface area contributed by atoms with E-state index in [0.29, 0.717) is 49.1 Å². The van der Waals surface area contributed by atoms with E-state index in [1.807, 2.05) is 25.9 Å². The molecule has 1 aromatic carbocycles. The zero-order chi connectivity index (χ0) is 23.7. The number of amides is 2. The first-order valence-electron chi connectivity index (χ1n) is 10.4. The van der Waals surface area contributed by atoms with Crippen molar-refractivity contribution in [1.29, 1.82) is 0 Å². The van der Waals surface area contributed by atoms with Gasteiger partial charge in [-0.3, -0.25) is 0 Å². The molecule has 0 fully saturated rings. The number of sulfone groups is 1. The first kappa shape index (κ1) is 26.1. The van der Waals surface area contributed by atoms with Gasteiger partial charge in [-0.15, -0.1) is 0 Å². The van der Waals surface area contributed by atoms with Crippen molar-refractivity contribution >= 4 is 27.5 Å². The number of ether oxygens (including phenoxy) is 1. The minimum Gasteiger partial charge on any atom is -0.383 e. The maximum atomic E-state index is 13.2. The number of carbonyl (C=O) groups excluding carboxylic acids is 1. The van der Waals surface area contributed by atoms with Gasteiger partial charge in [-0.1, -0.05) is 29.8 Å². The van der Waals surface area contributed by atoms with Crippen molar-refractivity contribution in [3.05, 3.63) is 46.7 Å². The number of halogens is 1. The van der Waals surface area contributed by atoms with Crippen LogP contribution >= 0.6 is 11.6 Å². The zero-order valence-electron chi connectivity index (χ0n) is 19.0. The molecular formula is C21H32ClN5O4S. The second-order valence-electron chi connectivity index (χ2n) is 7.59. The lowest BCUT2D eigenvalue weighted by molar-refractivity contribution is 0.177. The van der Waals surface area contributed by atoms with Crippen molar-refractivity contribution < 1.29 is 17.9 Å². The Kier molecular flexibility index (Phi) is 9.95. The third-order valence-corrected chi connectivity index (χ3v) is 6.73. The minimum atomic E-state index is -3.78. The first-order chi connectivity index (χ1) is 15.2. The molecule has 32 heavy (non-hydrogen) atoms. The summed E-state index contributed by atoms with van der Waals surface area (Å²) >= 11 is 6.17. The fraction of sp³-hybridized carbons (Fsp3) is 0.524. The van der Waals surface area contributed by atoms with Crippen LogP contribution in [0.15, 0.2) is 35.6 Å². The summed E-state index contributed by atoms with van der Waals surface area (Å²) in [5.74, 6) is -0.267. The highest BCUT2D eigenvalue weighted by atomic mass is 35.5. The summed E-state index contributed by atoms with van der Waals surface area (Å²) in [5, 5.41) is 3.13. The lowest BCUT2D eigenvalue weighted by Gasteiger charge is -2.25. The summed E-state index contributed by atoms with van der Waals surface area (Å²) in [7, 11) is 1.62. The highest BCUT2D eigenvalue weighted by molar-refractivity contribution is 7.90. The molecule has 1 N–H and O–H groups in total. The molecule has 0 aliphatic rings. The number of nitrogens with one attached hydrogen (secondary N) is 1. The number of aromatic nitrogens is 2. The molecule has 2 amide bonds. The van der Waals surface area contributed by atoms with E-state index >= 15 is 0 Å². The van der Waals surface area contributed by atoms with E-state index in [9.17, 15) is 13.2 Å². The Hall–Kier alpha value is -2.14. The fourth-order valence-corrected chi connectivity index (χ4v) is 4.93. The van der Waals surface area contributed by atoms with Crippen molar-refractivity contribution in [1.82, 2.24) is 24.7 Å². The number of imidazole rings is 1. The predicted octanol–water partition coefficient (Wildman–Crippen LogP) is 2.25. The van der Waals surface area contributed by atoms with Crippen LogP contribution < -0.4 is 5.32 Å². The Bertz CT molecular complexity index is 994. The molecule has 1 heterocycles. The molecule has 1 aromatic heterocycles. The first-order valence-corrected chi connectivity index (χ1v) is 12.4. The Labute approximate surface area is 195 Å². The van der Waals surface area contributed by atoms with Crippen LogP contribution in [-0.2, 0) is 33.4 Å². The maximum absolute atomic E-state index is 13.2. The molecule has 0 bridgehead atoms. The molecular weight excluding hydrogens is 454 g/mol. The van der Waals surface area contributed by atoms with Gasteiger partial charge >= 0.3 is 6.03 Å². The van der Waals surface area contributed by atoms with Gasteiger partial charge in [-0.25, -0.2) is 18.2 Å². The van der Waals surface area contributed by atoms with Crippen LogP contribution in [-0.4, -0.2) is 81.2 Å². The summed E-state index contributed by atoms with van der Waals surface area (Å²) in [6.45, 7) is 4.31. The maximum Gasteiger partial charge on any atom is 0.317 e. The van der Waals surface area contributed by atoms with Crippen LogP contribution in [0, 0.1) is 0 Å². The Morgan fingerprint density at radius 2 is 1.97 bits per heavy atom. The second-order valence-corrected chi connectivity index (χ2v) is 9.88. The molecule has 11 heteroatoms. The number of urea groups is 1. The fourth-order valence-electron chi connectivity index (χ4n) is 3.10. The van der Waals surface area contributed by atoms with Gasteiger partial charge in [0.2, 0.25) is 15.0 Å². The van der Waals surface area contributed by atoms with E-state index < -0.39 is 9.84 Å². The number of carbonyl (C=O) groups is 1. The third-order valence-electron chi connectivity index (χ3n) is 4.79. The summed E-state index contributed by atoms with van der Waals surface area (Å²) < 4.78 is 33.2. The number of hydrogen-bond acceptors (Lipinski definition) is 6. The number of rotatable bonds is 12.